The quantitative estimate of drug-likeness (QED) is 0.392. The van der Waals surface area contributed by atoms with Crippen LogP contribution in [-0.2, 0) is 14.6 Å². The Labute approximate surface area is 208 Å². The molecule has 6 rings (SSSR count). The molecule has 0 amide bonds. The van der Waals surface area contributed by atoms with Gasteiger partial charge in [-0.2, -0.15) is 0 Å². The smallest absolute Gasteiger partial charge is 0.161 e. The Morgan fingerprint density at radius 2 is 1.86 bits per heavy atom. The van der Waals surface area contributed by atoms with Crippen molar-refractivity contribution in [2.24, 2.45) is 0 Å². The van der Waals surface area contributed by atoms with Crippen LogP contribution in [0.5, 0.6) is 0 Å². The third kappa shape index (κ3) is 4.12. The molecule has 0 spiro atoms. The van der Waals surface area contributed by atoms with Gasteiger partial charge in [-0.15, -0.1) is 0 Å². The fraction of sp³-hybridized carbons (Fsp3) is 0.269. The van der Waals surface area contributed by atoms with Crippen molar-refractivity contribution in [1.29, 1.82) is 0 Å². The van der Waals surface area contributed by atoms with E-state index in [4.69, 9.17) is 19.7 Å². The van der Waals surface area contributed by atoms with Gasteiger partial charge in [0.25, 0.3) is 0 Å². The Kier molecular flexibility index (Phi) is 5.50. The lowest BCUT2D eigenvalue weighted by Gasteiger charge is -2.28. The maximum atomic E-state index is 13.2. The molecular weight excluding hydrogens is 476 g/mol. The summed E-state index contributed by atoms with van der Waals surface area (Å²) in [4.78, 5) is 19.7. The molecule has 0 bridgehead atoms. The predicted molar refractivity (Wildman–Crippen MR) is 139 cm³/mol. The molecule has 1 saturated heterocycles. The van der Waals surface area contributed by atoms with Gasteiger partial charge in [0, 0.05) is 60.5 Å². The summed E-state index contributed by atoms with van der Waals surface area (Å²) in [6.45, 7) is 4.47. The zero-order chi connectivity index (χ0) is 24.9. The number of imidazole rings is 1. The van der Waals surface area contributed by atoms with Crippen LogP contribution in [0.1, 0.15) is 22.2 Å². The van der Waals surface area contributed by atoms with Crippen molar-refractivity contribution in [3.8, 4) is 11.4 Å². The summed E-state index contributed by atoms with van der Waals surface area (Å²) < 4.78 is 33.8. The minimum atomic E-state index is -3.62. The molecular formula is C26H26N6O3S. The van der Waals surface area contributed by atoms with Crippen LogP contribution >= 0.6 is 0 Å². The molecule has 1 atom stereocenters. The van der Waals surface area contributed by atoms with Gasteiger partial charge in [0.2, 0.25) is 0 Å². The van der Waals surface area contributed by atoms with Gasteiger partial charge in [-0.1, -0.05) is 6.07 Å². The number of ether oxygens (including phenoxy) is 1. The van der Waals surface area contributed by atoms with E-state index in [1.807, 2.05) is 60.1 Å². The number of hydrogen-bond donors (Lipinski definition) is 1. The molecule has 1 unspecified atom stereocenters. The molecule has 4 aromatic heterocycles. The third-order valence-electron chi connectivity index (χ3n) is 6.54. The van der Waals surface area contributed by atoms with E-state index in [1.165, 1.54) is 6.26 Å². The minimum Gasteiger partial charge on any atom is -0.378 e. The van der Waals surface area contributed by atoms with E-state index in [2.05, 4.69) is 9.88 Å². The van der Waals surface area contributed by atoms with Gasteiger partial charge in [0.1, 0.15) is 16.7 Å². The van der Waals surface area contributed by atoms with Gasteiger partial charge in [-0.3, -0.25) is 0 Å². The molecule has 0 saturated carbocycles. The maximum absolute atomic E-state index is 13.2. The fourth-order valence-electron chi connectivity index (χ4n) is 4.75. The van der Waals surface area contributed by atoms with Crippen molar-refractivity contribution in [3.63, 3.8) is 0 Å². The van der Waals surface area contributed by atoms with Crippen LogP contribution in [0.25, 0.3) is 27.9 Å². The third-order valence-corrected chi connectivity index (χ3v) is 7.88. The monoisotopic (exact) mass is 502 g/mol. The average Bonchev–Trinajstić information content (AvgIpc) is 3.51. The Morgan fingerprint density at radius 3 is 2.64 bits per heavy atom. The van der Waals surface area contributed by atoms with Crippen molar-refractivity contribution in [2.75, 3.05) is 37.5 Å². The fourth-order valence-corrected chi connectivity index (χ4v) is 5.86. The standard InChI is InChI=1S/C26H26N6O3S/c1-17-4-3-9-32-16-22(29-26(17)32)24(36(2,33)34)21-15-23(31-10-12-35-13-11-31)30-25(28-21)19-5-6-20-18(14-19)7-8-27-20/h3-9,14-16,24,27H,10-13H2,1-2H3. The number of nitrogens with zero attached hydrogens (tertiary/aromatic N) is 5. The van der Waals surface area contributed by atoms with Crippen LogP contribution in [0.3, 0.4) is 0 Å². The van der Waals surface area contributed by atoms with Crippen LogP contribution in [0.2, 0.25) is 0 Å². The highest BCUT2D eigenvalue weighted by Gasteiger charge is 2.31. The molecule has 0 radical (unpaired) electrons. The topological polar surface area (TPSA) is 105 Å². The van der Waals surface area contributed by atoms with Gasteiger partial charge < -0.3 is 19.0 Å². The number of aromatic nitrogens is 5. The molecule has 0 aliphatic carbocycles. The van der Waals surface area contributed by atoms with Crippen LogP contribution in [-0.4, -0.2) is 65.3 Å². The number of fused-ring (bicyclic) bond motifs is 2. The number of nitrogens with one attached hydrogen (secondary N) is 1. The number of pyridine rings is 1. The second kappa shape index (κ2) is 8.72. The number of sulfone groups is 1. The summed E-state index contributed by atoms with van der Waals surface area (Å²) >= 11 is 0. The summed E-state index contributed by atoms with van der Waals surface area (Å²) in [7, 11) is -3.62. The van der Waals surface area contributed by atoms with E-state index in [-0.39, 0.29) is 0 Å². The van der Waals surface area contributed by atoms with Crippen molar-refractivity contribution in [1.82, 2.24) is 24.3 Å². The molecule has 5 aromatic rings. The van der Waals surface area contributed by atoms with E-state index in [1.54, 1.807) is 12.3 Å². The van der Waals surface area contributed by atoms with Gasteiger partial charge in [-0.05, 0) is 42.8 Å². The second-order valence-electron chi connectivity index (χ2n) is 9.15. The molecule has 1 aromatic carbocycles. The number of morpholine rings is 1. The summed E-state index contributed by atoms with van der Waals surface area (Å²) in [6, 6.07) is 13.6. The van der Waals surface area contributed by atoms with E-state index in [0.717, 1.165) is 27.7 Å². The molecule has 1 aliphatic rings. The first-order valence-corrected chi connectivity index (χ1v) is 13.7. The normalized spacial score (nSPS) is 15.6. The largest absolute Gasteiger partial charge is 0.378 e. The Hall–Kier alpha value is -3.76. The van der Waals surface area contributed by atoms with Crippen molar-refractivity contribution < 1.29 is 13.2 Å². The summed E-state index contributed by atoms with van der Waals surface area (Å²) in [5.41, 5.74) is 4.36. The number of hydrogen-bond acceptors (Lipinski definition) is 7. The zero-order valence-electron chi connectivity index (χ0n) is 20.0. The predicted octanol–water partition coefficient (Wildman–Crippen LogP) is 3.55. The van der Waals surface area contributed by atoms with Crippen molar-refractivity contribution in [2.45, 2.75) is 12.2 Å². The highest BCUT2D eigenvalue weighted by molar-refractivity contribution is 7.91. The summed E-state index contributed by atoms with van der Waals surface area (Å²) in [6.07, 6.45) is 6.76. The summed E-state index contributed by atoms with van der Waals surface area (Å²) in [5, 5.41) is -0.000699. The Bertz CT molecular complexity index is 1680. The zero-order valence-corrected chi connectivity index (χ0v) is 20.9. The molecule has 1 aliphatic heterocycles. The van der Waals surface area contributed by atoms with E-state index in [9.17, 15) is 8.42 Å². The lowest BCUT2D eigenvalue weighted by Crippen LogP contribution is -2.37. The van der Waals surface area contributed by atoms with Gasteiger partial charge in [-0.25, -0.2) is 23.4 Å². The average molecular weight is 503 g/mol. The second-order valence-corrected chi connectivity index (χ2v) is 11.3. The van der Waals surface area contributed by atoms with Crippen molar-refractivity contribution >= 4 is 32.2 Å². The van der Waals surface area contributed by atoms with E-state index in [0.29, 0.717) is 49.3 Å². The highest BCUT2D eigenvalue weighted by Crippen LogP contribution is 2.33. The van der Waals surface area contributed by atoms with Crippen LogP contribution in [0.15, 0.2) is 61.1 Å². The van der Waals surface area contributed by atoms with E-state index < -0.39 is 15.1 Å². The molecule has 1 N–H and O–H groups in total. The molecule has 36 heavy (non-hydrogen) atoms. The SMILES string of the molecule is Cc1cccn2cc(C(c3cc(N4CCOCC4)nc(-c4ccc5[nH]ccc5c4)n3)S(C)(=O)=O)nc12. The lowest BCUT2D eigenvalue weighted by molar-refractivity contribution is 0.122. The minimum absolute atomic E-state index is 0.402. The Morgan fingerprint density at radius 1 is 1.03 bits per heavy atom. The number of aromatic amines is 1. The lowest BCUT2D eigenvalue weighted by atomic mass is 10.1. The van der Waals surface area contributed by atoms with Crippen LogP contribution < -0.4 is 4.90 Å². The highest BCUT2D eigenvalue weighted by atomic mass is 32.2. The maximum Gasteiger partial charge on any atom is 0.161 e. The molecule has 9 nitrogen and oxygen atoms in total. The van der Waals surface area contributed by atoms with E-state index >= 15 is 0 Å². The molecule has 184 valence electrons. The van der Waals surface area contributed by atoms with Crippen LogP contribution in [0, 0.1) is 6.92 Å². The number of benzene rings is 1. The first-order valence-electron chi connectivity index (χ1n) is 11.8. The first kappa shape index (κ1) is 22.7. The van der Waals surface area contributed by atoms with Gasteiger partial charge in [0.05, 0.1) is 24.6 Å². The number of H-pyrrole nitrogens is 1. The molecule has 1 fully saturated rings. The summed E-state index contributed by atoms with van der Waals surface area (Å²) in [5.74, 6) is 1.16. The first-order chi connectivity index (χ1) is 17.4. The number of anilines is 1. The van der Waals surface area contributed by atoms with Crippen LogP contribution in [0.4, 0.5) is 5.82 Å². The van der Waals surface area contributed by atoms with Gasteiger partial charge >= 0.3 is 0 Å². The molecule has 10 heteroatoms. The molecule has 5 heterocycles. The number of rotatable bonds is 5. The number of aryl methyl sites for hydroxylation is 1. The Balaban J connectivity index is 1.55. The van der Waals surface area contributed by atoms with Crippen molar-refractivity contribution in [3.05, 3.63) is 78.0 Å². The van der Waals surface area contributed by atoms with Gasteiger partial charge in [0.15, 0.2) is 15.7 Å².